The third-order valence-electron chi connectivity index (χ3n) is 2.14. The average molecular weight is 284 g/mol. The Bertz CT molecular complexity index is 477. The summed E-state index contributed by atoms with van der Waals surface area (Å²) in [5.74, 6) is -0.703. The smallest absolute Gasteiger partial charge is 0.302 e. The highest BCUT2D eigenvalue weighted by molar-refractivity contribution is 5.94. The Labute approximate surface area is 115 Å². The first-order valence-electron chi connectivity index (χ1n) is 5.73. The summed E-state index contributed by atoms with van der Waals surface area (Å²) in [6, 6.07) is 1.53. The lowest BCUT2D eigenvalue weighted by molar-refractivity contribution is -0.143. The van der Waals surface area contributed by atoms with E-state index in [0.717, 1.165) is 0 Å². The van der Waals surface area contributed by atoms with E-state index in [0.29, 0.717) is 5.75 Å². The van der Waals surface area contributed by atoms with Crippen LogP contribution in [0.4, 0.5) is 0 Å². The first kappa shape index (κ1) is 15.7. The highest BCUT2D eigenvalue weighted by Gasteiger charge is 2.16. The summed E-state index contributed by atoms with van der Waals surface area (Å²) in [4.78, 5) is 25.6. The Morgan fingerprint density at radius 1 is 1.35 bits per heavy atom. The third-order valence-corrected chi connectivity index (χ3v) is 2.14. The quantitative estimate of drug-likeness (QED) is 0.409. The van der Waals surface area contributed by atoms with Crippen molar-refractivity contribution < 1.29 is 28.5 Å². The van der Waals surface area contributed by atoms with Gasteiger partial charge in [-0.05, 0) is 0 Å². The fraction of sp³-hybridized carbons (Fsp3) is 0.417. The highest BCUT2D eigenvalue weighted by Crippen LogP contribution is 2.29. The molecule has 2 N–H and O–H groups in total. The average Bonchev–Trinajstić information content (AvgIpc) is 2.41. The first-order valence-corrected chi connectivity index (χ1v) is 5.73. The monoisotopic (exact) mass is 284 g/mol. The normalized spacial score (nSPS) is 9.90. The summed E-state index contributed by atoms with van der Waals surface area (Å²) in [5.41, 5.74) is 5.14. The largest absolute Gasteiger partial charge is 0.493 e. The number of carbonyl (C=O) groups excluding carboxylic acids is 2. The van der Waals surface area contributed by atoms with Gasteiger partial charge in [-0.25, -0.2) is 4.98 Å². The summed E-state index contributed by atoms with van der Waals surface area (Å²) in [6.45, 7) is 1.42. The van der Waals surface area contributed by atoms with Crippen LogP contribution in [-0.4, -0.2) is 44.0 Å². The lowest BCUT2D eigenvalue weighted by Gasteiger charge is -2.12. The molecule has 0 unspecified atom stereocenters. The Kier molecular flexibility index (Phi) is 6.24. The van der Waals surface area contributed by atoms with Gasteiger partial charge in [-0.3, -0.25) is 9.59 Å². The lowest BCUT2D eigenvalue weighted by atomic mass is 10.3. The molecule has 0 spiro atoms. The molecule has 1 aromatic heterocycles. The van der Waals surface area contributed by atoms with Gasteiger partial charge in [0, 0.05) is 19.2 Å². The van der Waals surface area contributed by atoms with E-state index in [9.17, 15) is 9.59 Å². The minimum atomic E-state index is -0.737. The Balaban J connectivity index is 2.54. The maximum Gasteiger partial charge on any atom is 0.302 e. The number of nitrogens with zero attached hydrogens (tertiary/aromatic N) is 1. The van der Waals surface area contributed by atoms with Crippen molar-refractivity contribution in [2.45, 2.75) is 6.92 Å². The Morgan fingerprint density at radius 3 is 2.70 bits per heavy atom. The van der Waals surface area contributed by atoms with Gasteiger partial charge in [-0.15, -0.1) is 0 Å². The molecule has 110 valence electrons. The second-order valence-electron chi connectivity index (χ2n) is 3.57. The number of esters is 1. The van der Waals surface area contributed by atoms with Crippen LogP contribution in [0, 0.1) is 0 Å². The van der Waals surface area contributed by atoms with Crippen molar-refractivity contribution in [1.29, 1.82) is 0 Å². The Hall–Kier alpha value is -2.35. The molecule has 8 heteroatoms. The number of hydrogen-bond donors (Lipinski definition) is 1. The molecular formula is C12H16N2O6. The first-order chi connectivity index (χ1) is 9.56. The fourth-order valence-electron chi connectivity index (χ4n) is 1.31. The molecule has 0 saturated carbocycles. The van der Waals surface area contributed by atoms with E-state index >= 15 is 0 Å². The molecule has 0 radical (unpaired) electrons. The van der Waals surface area contributed by atoms with E-state index in [1.807, 2.05) is 0 Å². The summed E-state index contributed by atoms with van der Waals surface area (Å²) < 4.78 is 20.1. The van der Waals surface area contributed by atoms with Crippen molar-refractivity contribution >= 4 is 11.9 Å². The maximum atomic E-state index is 11.2. The predicted octanol–water partition coefficient (Wildman–Crippen LogP) is 0.105. The van der Waals surface area contributed by atoms with Crippen molar-refractivity contribution in [3.63, 3.8) is 0 Å². The minimum absolute atomic E-state index is 0.0482. The van der Waals surface area contributed by atoms with E-state index in [-0.39, 0.29) is 37.4 Å². The molecule has 0 atom stereocenters. The van der Waals surface area contributed by atoms with Gasteiger partial charge < -0.3 is 24.7 Å². The number of rotatable bonds is 8. The minimum Gasteiger partial charge on any atom is -0.493 e. The molecule has 0 aliphatic heterocycles. The molecule has 8 nitrogen and oxygen atoms in total. The lowest BCUT2D eigenvalue weighted by Crippen LogP contribution is -2.17. The van der Waals surface area contributed by atoms with Crippen molar-refractivity contribution in [2.75, 3.05) is 27.1 Å². The van der Waals surface area contributed by atoms with Crippen molar-refractivity contribution in [1.82, 2.24) is 4.98 Å². The van der Waals surface area contributed by atoms with Crippen LogP contribution in [0.5, 0.6) is 11.5 Å². The van der Waals surface area contributed by atoms with E-state index in [1.165, 1.54) is 26.3 Å². The molecule has 1 aromatic rings. The summed E-state index contributed by atoms with van der Waals surface area (Å²) >= 11 is 0. The number of ether oxygens (including phenoxy) is 4. The molecule has 1 amide bonds. The van der Waals surface area contributed by atoms with Gasteiger partial charge in [0.15, 0.2) is 24.0 Å². The van der Waals surface area contributed by atoms with E-state index in [2.05, 4.69) is 9.72 Å². The van der Waals surface area contributed by atoms with Crippen LogP contribution in [0.25, 0.3) is 0 Å². The van der Waals surface area contributed by atoms with Crippen molar-refractivity contribution in [2.24, 2.45) is 5.73 Å². The number of hydrogen-bond acceptors (Lipinski definition) is 7. The van der Waals surface area contributed by atoms with E-state index in [4.69, 9.17) is 19.9 Å². The number of methoxy groups -OCH3 is 1. The number of aromatic nitrogens is 1. The third kappa shape index (κ3) is 4.73. The second kappa shape index (κ2) is 7.95. The van der Waals surface area contributed by atoms with Crippen molar-refractivity contribution in [3.05, 3.63) is 18.0 Å². The molecule has 0 bridgehead atoms. The van der Waals surface area contributed by atoms with Gasteiger partial charge in [-0.1, -0.05) is 0 Å². The van der Waals surface area contributed by atoms with Crippen LogP contribution in [0.3, 0.4) is 0 Å². The molecule has 0 fully saturated rings. The standard InChI is InChI=1S/C12H16N2O6/c1-8(15)19-6-5-18-7-20-11-9(17-2)3-4-14-10(11)12(13)16/h3-4H,5-7H2,1-2H3,(H2,13,16). The van der Waals surface area contributed by atoms with Gasteiger partial charge >= 0.3 is 5.97 Å². The van der Waals surface area contributed by atoms with Gasteiger partial charge in [-0.2, -0.15) is 0 Å². The van der Waals surface area contributed by atoms with E-state index < -0.39 is 5.91 Å². The fourth-order valence-corrected chi connectivity index (χ4v) is 1.31. The molecule has 0 aliphatic rings. The second-order valence-corrected chi connectivity index (χ2v) is 3.57. The topological polar surface area (TPSA) is 110 Å². The number of nitrogens with two attached hydrogens (primary N) is 1. The zero-order valence-electron chi connectivity index (χ0n) is 11.3. The van der Waals surface area contributed by atoms with Crippen molar-refractivity contribution in [3.8, 4) is 11.5 Å². The molecule has 1 heterocycles. The highest BCUT2D eigenvalue weighted by atomic mass is 16.7. The Morgan fingerprint density at radius 2 is 2.10 bits per heavy atom. The van der Waals surface area contributed by atoms with Crippen LogP contribution in [0.2, 0.25) is 0 Å². The van der Waals surface area contributed by atoms with Gasteiger partial charge in [0.2, 0.25) is 0 Å². The van der Waals surface area contributed by atoms with Crippen LogP contribution in [0.1, 0.15) is 17.4 Å². The zero-order chi connectivity index (χ0) is 15.0. The molecule has 0 aromatic carbocycles. The number of carbonyl (C=O) groups is 2. The molecule has 1 rings (SSSR count). The zero-order valence-corrected chi connectivity index (χ0v) is 11.3. The summed E-state index contributed by atoms with van der Waals surface area (Å²) in [7, 11) is 1.43. The number of amides is 1. The van der Waals surface area contributed by atoms with Crippen LogP contribution < -0.4 is 15.2 Å². The predicted molar refractivity (Wildman–Crippen MR) is 67.4 cm³/mol. The van der Waals surface area contributed by atoms with Gasteiger partial charge in [0.05, 0.1) is 13.7 Å². The van der Waals surface area contributed by atoms with Crippen LogP contribution >= 0.6 is 0 Å². The van der Waals surface area contributed by atoms with Gasteiger partial charge in [0.1, 0.15) is 6.61 Å². The maximum absolute atomic E-state index is 11.2. The molecular weight excluding hydrogens is 268 g/mol. The molecule has 0 aliphatic carbocycles. The van der Waals surface area contributed by atoms with Crippen LogP contribution in [-0.2, 0) is 14.3 Å². The summed E-state index contributed by atoms with van der Waals surface area (Å²) in [6.07, 6.45) is 1.38. The SMILES string of the molecule is COc1ccnc(C(N)=O)c1OCOCCOC(C)=O. The number of pyridine rings is 1. The van der Waals surface area contributed by atoms with Gasteiger partial charge in [0.25, 0.3) is 5.91 Å². The molecule has 20 heavy (non-hydrogen) atoms. The van der Waals surface area contributed by atoms with E-state index in [1.54, 1.807) is 0 Å². The number of primary amides is 1. The molecule has 0 saturated heterocycles. The van der Waals surface area contributed by atoms with Crippen LogP contribution in [0.15, 0.2) is 12.3 Å². The summed E-state index contributed by atoms with van der Waals surface area (Å²) in [5, 5.41) is 0.